The van der Waals surface area contributed by atoms with Crippen LogP contribution in [-0.2, 0) is 0 Å². The Morgan fingerprint density at radius 1 is 0.266 bits per heavy atom. The number of rotatable bonds is 8. The fourth-order valence-corrected chi connectivity index (χ4v) is 9.77. The van der Waals surface area contributed by atoms with Crippen LogP contribution in [0.15, 0.2) is 255 Å². The van der Waals surface area contributed by atoms with Gasteiger partial charge in [0, 0.05) is 33.5 Å². The van der Waals surface area contributed by atoms with Gasteiger partial charge < -0.3 is 9.47 Å². The third kappa shape index (κ3) is 6.52. The molecule has 0 fully saturated rings. The molecule has 0 radical (unpaired) electrons. The summed E-state index contributed by atoms with van der Waals surface area (Å²) in [6, 6.07) is 92.6. The van der Waals surface area contributed by atoms with Crippen LogP contribution in [0.2, 0.25) is 0 Å². The molecule has 0 aliphatic carbocycles. The molecule has 12 aromatic rings. The summed E-state index contributed by atoms with van der Waals surface area (Å²) >= 11 is 0. The first-order valence-electron chi connectivity index (χ1n) is 22.0. The zero-order valence-electron chi connectivity index (χ0n) is 35.1. The lowest BCUT2D eigenvalue weighted by atomic mass is 9.91. The lowest BCUT2D eigenvalue weighted by Crippen LogP contribution is -2.10. The SMILES string of the molecule is c1ccc(-c2cccc3ccc(-c4ccc(N(c5ccc(-c6cccc7cccc(-c8ccccc8)c67)cc5)c5cccc(-n6c7ccccc7c7ccccc76)c5)cc4)cc23)cc1. The van der Waals surface area contributed by atoms with E-state index in [0.717, 1.165) is 22.7 Å². The Morgan fingerprint density at radius 3 is 1.38 bits per heavy atom. The van der Waals surface area contributed by atoms with Crippen LogP contribution in [0.3, 0.4) is 0 Å². The molecule has 0 saturated carbocycles. The number of benzene rings is 11. The predicted molar refractivity (Wildman–Crippen MR) is 272 cm³/mol. The van der Waals surface area contributed by atoms with Gasteiger partial charge in [0.25, 0.3) is 0 Å². The van der Waals surface area contributed by atoms with Gasteiger partial charge in [0.2, 0.25) is 0 Å². The normalized spacial score (nSPS) is 11.4. The molecule has 0 aliphatic heterocycles. The standard InChI is InChI=1S/C62H42N2/c1-3-15-44(16-4-1)54-26-11-19-46-31-32-49(41-59(46)54)43-33-37-50(38-34-43)63(52-22-14-23-53(42-52)64-60-29-9-7-24-57(60)58-25-8-10-30-61(58)64)51-39-35-47(36-40-51)56-28-13-21-48-20-12-27-55(62(48)56)45-17-5-2-6-18-45/h1-42H. The van der Waals surface area contributed by atoms with E-state index in [0.29, 0.717) is 0 Å². The minimum Gasteiger partial charge on any atom is -0.310 e. The molecular weight excluding hydrogens is 773 g/mol. The summed E-state index contributed by atoms with van der Waals surface area (Å²) in [5.41, 5.74) is 16.4. The van der Waals surface area contributed by atoms with Crippen molar-refractivity contribution in [2.75, 3.05) is 4.90 Å². The van der Waals surface area contributed by atoms with Crippen LogP contribution in [0.1, 0.15) is 0 Å². The number of para-hydroxylation sites is 2. The minimum atomic E-state index is 1.08. The largest absolute Gasteiger partial charge is 0.310 e. The Labute approximate surface area is 373 Å². The molecule has 1 aromatic heterocycles. The second-order valence-corrected chi connectivity index (χ2v) is 16.5. The van der Waals surface area contributed by atoms with Crippen molar-refractivity contribution in [1.82, 2.24) is 4.57 Å². The number of hydrogen-bond donors (Lipinski definition) is 0. The van der Waals surface area contributed by atoms with E-state index in [9.17, 15) is 0 Å². The van der Waals surface area contributed by atoms with Crippen molar-refractivity contribution in [3.8, 4) is 50.2 Å². The molecule has 1 heterocycles. The van der Waals surface area contributed by atoms with Crippen LogP contribution in [0.25, 0.3) is 93.5 Å². The van der Waals surface area contributed by atoms with Gasteiger partial charge in [-0.3, -0.25) is 0 Å². The van der Waals surface area contributed by atoms with E-state index in [2.05, 4.69) is 264 Å². The van der Waals surface area contributed by atoms with E-state index >= 15 is 0 Å². The summed E-state index contributed by atoms with van der Waals surface area (Å²) in [7, 11) is 0. The molecule has 2 heteroatoms. The Kier molecular flexibility index (Phi) is 9.20. The van der Waals surface area contributed by atoms with Crippen LogP contribution in [0.5, 0.6) is 0 Å². The molecule has 0 saturated heterocycles. The first kappa shape index (κ1) is 37.3. The average Bonchev–Trinajstić information content (AvgIpc) is 3.71. The summed E-state index contributed by atoms with van der Waals surface area (Å²) < 4.78 is 2.40. The molecule has 0 spiro atoms. The van der Waals surface area contributed by atoms with Crippen molar-refractivity contribution in [3.05, 3.63) is 255 Å². The maximum absolute atomic E-state index is 2.40. The molecule has 0 unspecified atom stereocenters. The summed E-state index contributed by atoms with van der Waals surface area (Å²) in [6.45, 7) is 0. The van der Waals surface area contributed by atoms with Crippen molar-refractivity contribution in [2.45, 2.75) is 0 Å². The van der Waals surface area contributed by atoms with Crippen LogP contribution < -0.4 is 4.90 Å². The van der Waals surface area contributed by atoms with Gasteiger partial charge in [-0.05, 0) is 127 Å². The highest BCUT2D eigenvalue weighted by atomic mass is 15.1. The zero-order chi connectivity index (χ0) is 42.4. The number of fused-ring (bicyclic) bond motifs is 5. The molecule has 0 bridgehead atoms. The van der Waals surface area contributed by atoms with E-state index in [4.69, 9.17) is 0 Å². The molecule has 2 nitrogen and oxygen atoms in total. The monoisotopic (exact) mass is 814 g/mol. The Balaban J connectivity index is 0.983. The quantitative estimate of drug-likeness (QED) is 0.148. The fourth-order valence-electron chi connectivity index (χ4n) is 9.77. The molecule has 11 aromatic carbocycles. The van der Waals surface area contributed by atoms with Crippen molar-refractivity contribution in [1.29, 1.82) is 0 Å². The van der Waals surface area contributed by atoms with Crippen molar-refractivity contribution < 1.29 is 0 Å². The lowest BCUT2D eigenvalue weighted by molar-refractivity contribution is 1.17. The highest BCUT2D eigenvalue weighted by Gasteiger charge is 2.18. The number of hydrogen-bond acceptors (Lipinski definition) is 1. The van der Waals surface area contributed by atoms with E-state index < -0.39 is 0 Å². The van der Waals surface area contributed by atoms with E-state index in [1.54, 1.807) is 0 Å². The smallest absolute Gasteiger partial charge is 0.0541 e. The van der Waals surface area contributed by atoms with Gasteiger partial charge in [0.15, 0.2) is 0 Å². The summed E-state index contributed by atoms with van der Waals surface area (Å²) in [5, 5.41) is 7.48. The van der Waals surface area contributed by atoms with Crippen LogP contribution in [-0.4, -0.2) is 4.57 Å². The van der Waals surface area contributed by atoms with Crippen LogP contribution >= 0.6 is 0 Å². The van der Waals surface area contributed by atoms with Gasteiger partial charge in [0.05, 0.1) is 11.0 Å². The van der Waals surface area contributed by atoms with Gasteiger partial charge in [-0.1, -0.05) is 194 Å². The van der Waals surface area contributed by atoms with Crippen LogP contribution in [0.4, 0.5) is 17.1 Å². The topological polar surface area (TPSA) is 8.17 Å². The Hall–Kier alpha value is -8.46. The molecule has 0 atom stereocenters. The summed E-state index contributed by atoms with van der Waals surface area (Å²) in [4.78, 5) is 2.39. The molecule has 300 valence electrons. The summed E-state index contributed by atoms with van der Waals surface area (Å²) in [6.07, 6.45) is 0. The number of aromatic nitrogens is 1. The number of anilines is 3. The van der Waals surface area contributed by atoms with Crippen molar-refractivity contribution >= 4 is 60.4 Å². The van der Waals surface area contributed by atoms with E-state index in [-0.39, 0.29) is 0 Å². The molecule has 0 N–H and O–H groups in total. The fraction of sp³-hybridized carbons (Fsp3) is 0. The van der Waals surface area contributed by atoms with Crippen molar-refractivity contribution in [2.24, 2.45) is 0 Å². The third-order valence-electron chi connectivity index (χ3n) is 12.8. The van der Waals surface area contributed by atoms with Gasteiger partial charge in [0.1, 0.15) is 0 Å². The average molecular weight is 815 g/mol. The maximum atomic E-state index is 2.40. The summed E-state index contributed by atoms with van der Waals surface area (Å²) in [5.74, 6) is 0. The molecular formula is C62H42N2. The van der Waals surface area contributed by atoms with Crippen molar-refractivity contribution in [3.63, 3.8) is 0 Å². The zero-order valence-corrected chi connectivity index (χ0v) is 35.1. The number of nitrogens with zero attached hydrogens (tertiary/aromatic N) is 2. The first-order valence-corrected chi connectivity index (χ1v) is 22.0. The van der Waals surface area contributed by atoms with Crippen LogP contribution in [0, 0.1) is 0 Å². The van der Waals surface area contributed by atoms with Gasteiger partial charge in [-0.15, -0.1) is 0 Å². The molecule has 12 rings (SSSR count). The lowest BCUT2D eigenvalue weighted by Gasteiger charge is -2.27. The maximum Gasteiger partial charge on any atom is 0.0541 e. The Bertz CT molecular complexity index is 3580. The molecule has 0 aliphatic rings. The molecule has 64 heavy (non-hydrogen) atoms. The second-order valence-electron chi connectivity index (χ2n) is 16.5. The third-order valence-corrected chi connectivity index (χ3v) is 12.8. The minimum absolute atomic E-state index is 1.08. The Morgan fingerprint density at radius 2 is 0.750 bits per heavy atom. The van der Waals surface area contributed by atoms with Gasteiger partial charge >= 0.3 is 0 Å². The van der Waals surface area contributed by atoms with Gasteiger partial charge in [-0.2, -0.15) is 0 Å². The first-order chi connectivity index (χ1) is 31.7. The predicted octanol–water partition coefficient (Wildman–Crippen LogP) is 17.2. The second kappa shape index (κ2) is 15.8. The highest BCUT2D eigenvalue weighted by Crippen LogP contribution is 2.42. The van der Waals surface area contributed by atoms with E-state index in [1.165, 1.54) is 87.9 Å². The van der Waals surface area contributed by atoms with E-state index in [1.807, 2.05) is 0 Å². The highest BCUT2D eigenvalue weighted by molar-refractivity contribution is 6.10. The van der Waals surface area contributed by atoms with Gasteiger partial charge in [-0.25, -0.2) is 0 Å². The molecule has 0 amide bonds.